The third kappa shape index (κ3) is 1.91. The van der Waals surface area contributed by atoms with E-state index in [0.29, 0.717) is 18.1 Å². The first-order valence-corrected chi connectivity index (χ1v) is 6.20. The van der Waals surface area contributed by atoms with Gasteiger partial charge in [-0.1, -0.05) is 43.7 Å². The monoisotopic (exact) mass is 216 g/mol. The van der Waals surface area contributed by atoms with Gasteiger partial charge in [0.25, 0.3) is 0 Å². The maximum Gasteiger partial charge on any atom is 0.130 e. The summed E-state index contributed by atoms with van der Waals surface area (Å²) in [5, 5.41) is 0. The molecule has 1 aliphatic carbocycles. The first-order chi connectivity index (χ1) is 7.65. The highest BCUT2D eigenvalue weighted by molar-refractivity contribution is 5.77. The predicted molar refractivity (Wildman–Crippen MR) is 66.4 cm³/mol. The minimum Gasteiger partial charge on any atom is -0.300 e. The van der Waals surface area contributed by atoms with Crippen molar-refractivity contribution in [2.75, 3.05) is 0 Å². The lowest BCUT2D eigenvalue weighted by Gasteiger charge is -2.33. The van der Waals surface area contributed by atoms with E-state index in [1.165, 1.54) is 18.4 Å². The Morgan fingerprint density at radius 1 is 1.38 bits per heavy atom. The summed E-state index contributed by atoms with van der Waals surface area (Å²) >= 11 is 0. The van der Waals surface area contributed by atoms with Crippen molar-refractivity contribution in [3.63, 3.8) is 0 Å². The minimum absolute atomic E-state index is 0.118. The Morgan fingerprint density at radius 3 is 2.56 bits per heavy atom. The lowest BCUT2D eigenvalue weighted by Crippen LogP contribution is -2.31. The average Bonchev–Trinajstić information content (AvgIpc) is 2.62. The molecule has 0 aromatic heterocycles. The zero-order chi connectivity index (χ0) is 11.6. The van der Waals surface area contributed by atoms with Crippen LogP contribution < -0.4 is 0 Å². The van der Waals surface area contributed by atoms with E-state index in [9.17, 15) is 4.79 Å². The molecule has 1 heteroatoms. The molecule has 0 spiro atoms. The fraction of sp³-hybridized carbons (Fsp3) is 0.533. The van der Waals surface area contributed by atoms with E-state index in [1.807, 2.05) is 6.07 Å². The molecule has 16 heavy (non-hydrogen) atoms. The van der Waals surface area contributed by atoms with Gasteiger partial charge in [-0.25, -0.2) is 0 Å². The molecule has 0 aliphatic heterocycles. The summed E-state index contributed by atoms with van der Waals surface area (Å²) < 4.78 is 0. The van der Waals surface area contributed by atoms with Crippen LogP contribution in [0.15, 0.2) is 30.3 Å². The van der Waals surface area contributed by atoms with E-state index in [-0.39, 0.29) is 5.41 Å². The third-order valence-electron chi connectivity index (χ3n) is 4.12. The van der Waals surface area contributed by atoms with Crippen molar-refractivity contribution in [2.45, 2.75) is 44.9 Å². The van der Waals surface area contributed by atoms with E-state index >= 15 is 0 Å². The Kier molecular flexibility index (Phi) is 3.13. The molecule has 1 aliphatic rings. The predicted octanol–water partition coefficient (Wildman–Crippen LogP) is 3.72. The van der Waals surface area contributed by atoms with Crippen LogP contribution in [0, 0.1) is 5.92 Å². The molecular formula is C15H20O. The standard InChI is InChI=1S/C15H20O/c1-12-7-6-10-15(12,11-13(2)16)14-8-4-3-5-9-14/h3-5,8-9,12H,6-7,10-11H2,1-2H3/t12-,15-/m1/s1. The molecule has 0 bridgehead atoms. The van der Waals surface area contributed by atoms with Crippen LogP contribution >= 0.6 is 0 Å². The SMILES string of the molecule is CC(=O)C[C@]1(c2ccccc2)CCC[C@H]1C. The summed E-state index contributed by atoms with van der Waals surface area (Å²) in [6, 6.07) is 10.6. The van der Waals surface area contributed by atoms with Crippen molar-refractivity contribution in [1.29, 1.82) is 0 Å². The van der Waals surface area contributed by atoms with Crippen molar-refractivity contribution in [2.24, 2.45) is 5.92 Å². The number of hydrogen-bond donors (Lipinski definition) is 0. The van der Waals surface area contributed by atoms with Gasteiger partial charge in [0.05, 0.1) is 0 Å². The summed E-state index contributed by atoms with van der Waals surface area (Å²) in [7, 11) is 0. The molecule has 2 rings (SSSR count). The lowest BCUT2D eigenvalue weighted by molar-refractivity contribution is -0.118. The second kappa shape index (κ2) is 4.40. The number of carbonyl (C=O) groups is 1. The fourth-order valence-electron chi connectivity index (χ4n) is 3.25. The van der Waals surface area contributed by atoms with Gasteiger partial charge in [0.15, 0.2) is 0 Å². The molecule has 0 heterocycles. The van der Waals surface area contributed by atoms with Crippen molar-refractivity contribution in [1.82, 2.24) is 0 Å². The highest BCUT2D eigenvalue weighted by atomic mass is 16.1. The molecule has 0 amide bonds. The summed E-state index contributed by atoms with van der Waals surface area (Å²) in [5.74, 6) is 0.941. The van der Waals surface area contributed by atoms with Gasteiger partial charge in [-0.3, -0.25) is 4.79 Å². The van der Waals surface area contributed by atoms with E-state index in [2.05, 4.69) is 31.2 Å². The van der Waals surface area contributed by atoms with Crippen LogP contribution in [0.1, 0.15) is 45.1 Å². The summed E-state index contributed by atoms with van der Waals surface area (Å²) in [5.41, 5.74) is 1.47. The smallest absolute Gasteiger partial charge is 0.130 e. The molecule has 1 aromatic carbocycles. The van der Waals surface area contributed by atoms with Crippen LogP contribution in [-0.2, 0) is 10.2 Å². The lowest BCUT2D eigenvalue weighted by atomic mass is 9.70. The number of rotatable bonds is 3. The van der Waals surface area contributed by atoms with Crippen LogP contribution in [0.4, 0.5) is 0 Å². The first-order valence-electron chi connectivity index (χ1n) is 6.20. The van der Waals surface area contributed by atoms with Gasteiger partial charge in [0, 0.05) is 11.8 Å². The molecule has 86 valence electrons. The van der Waals surface area contributed by atoms with Crippen molar-refractivity contribution in [3.8, 4) is 0 Å². The Labute approximate surface area is 97.9 Å². The highest BCUT2D eigenvalue weighted by Crippen LogP contribution is 2.48. The van der Waals surface area contributed by atoms with Gasteiger partial charge in [0.2, 0.25) is 0 Å². The molecule has 0 unspecified atom stereocenters. The molecule has 1 aromatic rings. The van der Waals surface area contributed by atoms with Gasteiger partial charge in [-0.15, -0.1) is 0 Å². The topological polar surface area (TPSA) is 17.1 Å². The number of hydrogen-bond acceptors (Lipinski definition) is 1. The molecule has 0 N–H and O–H groups in total. The van der Waals surface area contributed by atoms with E-state index in [0.717, 1.165) is 6.42 Å². The van der Waals surface area contributed by atoms with E-state index < -0.39 is 0 Å². The summed E-state index contributed by atoms with van der Waals surface area (Å²) in [4.78, 5) is 11.5. The molecule has 0 radical (unpaired) electrons. The van der Waals surface area contributed by atoms with Gasteiger partial charge in [-0.05, 0) is 31.2 Å². The minimum atomic E-state index is 0.118. The Balaban J connectivity index is 2.38. The van der Waals surface area contributed by atoms with Crippen LogP contribution in [0.5, 0.6) is 0 Å². The zero-order valence-corrected chi connectivity index (χ0v) is 10.2. The Morgan fingerprint density at radius 2 is 2.06 bits per heavy atom. The summed E-state index contributed by atoms with van der Waals surface area (Å²) in [6.07, 6.45) is 4.38. The quantitative estimate of drug-likeness (QED) is 0.752. The van der Waals surface area contributed by atoms with Gasteiger partial charge in [0.1, 0.15) is 5.78 Å². The second-order valence-electron chi connectivity index (χ2n) is 5.19. The highest BCUT2D eigenvalue weighted by Gasteiger charge is 2.42. The third-order valence-corrected chi connectivity index (χ3v) is 4.12. The van der Waals surface area contributed by atoms with Crippen LogP contribution in [0.3, 0.4) is 0 Å². The van der Waals surface area contributed by atoms with Crippen LogP contribution in [0.25, 0.3) is 0 Å². The van der Waals surface area contributed by atoms with Crippen molar-refractivity contribution < 1.29 is 4.79 Å². The largest absolute Gasteiger partial charge is 0.300 e. The molecular weight excluding hydrogens is 196 g/mol. The molecule has 0 saturated heterocycles. The van der Waals surface area contributed by atoms with Gasteiger partial charge in [-0.2, -0.15) is 0 Å². The van der Waals surface area contributed by atoms with Gasteiger partial charge >= 0.3 is 0 Å². The molecule has 1 saturated carbocycles. The van der Waals surface area contributed by atoms with Crippen molar-refractivity contribution >= 4 is 5.78 Å². The van der Waals surface area contributed by atoms with Crippen molar-refractivity contribution in [3.05, 3.63) is 35.9 Å². The van der Waals surface area contributed by atoms with Crippen LogP contribution in [-0.4, -0.2) is 5.78 Å². The maximum absolute atomic E-state index is 11.5. The van der Waals surface area contributed by atoms with Crippen LogP contribution in [0.2, 0.25) is 0 Å². The first kappa shape index (κ1) is 11.4. The van der Waals surface area contributed by atoms with E-state index in [4.69, 9.17) is 0 Å². The molecule has 2 atom stereocenters. The number of Topliss-reactive ketones (excluding diaryl/α,β-unsaturated/α-hetero) is 1. The molecule has 1 nitrogen and oxygen atoms in total. The van der Waals surface area contributed by atoms with Gasteiger partial charge < -0.3 is 0 Å². The number of carbonyl (C=O) groups excluding carboxylic acids is 1. The Hall–Kier alpha value is -1.11. The molecule has 1 fully saturated rings. The fourth-order valence-corrected chi connectivity index (χ4v) is 3.25. The normalized spacial score (nSPS) is 29.2. The zero-order valence-electron chi connectivity index (χ0n) is 10.2. The average molecular weight is 216 g/mol. The van der Waals surface area contributed by atoms with E-state index in [1.54, 1.807) is 6.92 Å². The number of ketones is 1. The second-order valence-corrected chi connectivity index (χ2v) is 5.19. The summed E-state index contributed by atoms with van der Waals surface area (Å²) in [6.45, 7) is 4.01. The maximum atomic E-state index is 11.5. The number of benzene rings is 1. The Bertz CT molecular complexity index is 368.